The summed E-state index contributed by atoms with van der Waals surface area (Å²) in [5, 5.41) is 0. The van der Waals surface area contributed by atoms with Crippen LogP contribution in [0.25, 0.3) is 11.5 Å². The maximum Gasteiger partial charge on any atom is 0.226 e. The number of halogens is 1. The van der Waals surface area contributed by atoms with Gasteiger partial charge in [0.15, 0.2) is 11.6 Å². The van der Waals surface area contributed by atoms with E-state index in [-0.39, 0.29) is 11.6 Å². The smallest absolute Gasteiger partial charge is 0.226 e. The minimum absolute atomic E-state index is 0.197. The summed E-state index contributed by atoms with van der Waals surface area (Å²) in [6.45, 7) is 4.88. The van der Waals surface area contributed by atoms with Gasteiger partial charge in [0.05, 0.1) is 12.8 Å². The van der Waals surface area contributed by atoms with Gasteiger partial charge in [0.2, 0.25) is 5.89 Å². The highest BCUT2D eigenvalue weighted by molar-refractivity contribution is 7.99. The van der Waals surface area contributed by atoms with Gasteiger partial charge < -0.3 is 9.15 Å². The lowest BCUT2D eigenvalue weighted by Gasteiger charge is -2.25. The van der Waals surface area contributed by atoms with E-state index in [1.165, 1.54) is 24.7 Å². The zero-order valence-corrected chi connectivity index (χ0v) is 13.6. The summed E-state index contributed by atoms with van der Waals surface area (Å²) in [6.07, 6.45) is 0. The summed E-state index contributed by atoms with van der Waals surface area (Å²) in [4.78, 5) is 6.97. The number of thioether (sulfide) groups is 1. The highest BCUT2D eigenvalue weighted by Gasteiger charge is 2.17. The molecular weight excluding hydrogens is 303 g/mol. The Bertz CT molecular complexity index is 654. The highest BCUT2D eigenvalue weighted by Crippen LogP contribution is 2.28. The van der Waals surface area contributed by atoms with Crippen LogP contribution in [0, 0.1) is 12.7 Å². The van der Waals surface area contributed by atoms with Crippen LogP contribution in [-0.4, -0.2) is 41.6 Å². The molecule has 0 spiro atoms. The average Bonchev–Trinajstić information content (AvgIpc) is 2.90. The molecule has 2 heterocycles. The first-order chi connectivity index (χ1) is 10.7. The van der Waals surface area contributed by atoms with Gasteiger partial charge in [0, 0.05) is 36.7 Å². The zero-order valence-electron chi connectivity index (χ0n) is 12.8. The van der Waals surface area contributed by atoms with Crippen LogP contribution >= 0.6 is 11.8 Å². The van der Waals surface area contributed by atoms with Crippen molar-refractivity contribution in [3.8, 4) is 17.2 Å². The van der Waals surface area contributed by atoms with Gasteiger partial charge in [-0.3, -0.25) is 4.90 Å². The lowest BCUT2D eigenvalue weighted by atomic mass is 10.2. The summed E-state index contributed by atoms with van der Waals surface area (Å²) >= 11 is 1.99. The van der Waals surface area contributed by atoms with Crippen molar-refractivity contribution in [1.29, 1.82) is 0 Å². The minimum Gasteiger partial charge on any atom is -0.494 e. The average molecular weight is 322 g/mol. The van der Waals surface area contributed by atoms with E-state index in [0.717, 1.165) is 36.7 Å². The number of nitrogens with zero attached hydrogens (tertiary/aromatic N) is 2. The quantitative estimate of drug-likeness (QED) is 0.863. The van der Waals surface area contributed by atoms with Gasteiger partial charge in [-0.2, -0.15) is 11.8 Å². The van der Waals surface area contributed by atoms with Crippen molar-refractivity contribution >= 4 is 11.8 Å². The van der Waals surface area contributed by atoms with Crippen molar-refractivity contribution in [2.75, 3.05) is 31.7 Å². The maximum atomic E-state index is 13.5. The Labute approximate surface area is 133 Å². The predicted octanol–water partition coefficient (Wildman–Crippen LogP) is 3.35. The molecule has 1 aromatic carbocycles. The molecule has 22 heavy (non-hydrogen) atoms. The van der Waals surface area contributed by atoms with Crippen LogP contribution in [0.4, 0.5) is 4.39 Å². The molecule has 1 aromatic heterocycles. The molecule has 0 unspecified atom stereocenters. The third-order valence-corrected chi connectivity index (χ3v) is 4.71. The number of aryl methyl sites for hydroxylation is 1. The van der Waals surface area contributed by atoms with Crippen molar-refractivity contribution < 1.29 is 13.5 Å². The van der Waals surface area contributed by atoms with E-state index in [9.17, 15) is 4.39 Å². The molecule has 0 radical (unpaired) electrons. The molecule has 4 nitrogen and oxygen atoms in total. The minimum atomic E-state index is -0.388. The fourth-order valence-electron chi connectivity index (χ4n) is 2.46. The maximum absolute atomic E-state index is 13.5. The van der Waals surface area contributed by atoms with Crippen molar-refractivity contribution in [2.45, 2.75) is 13.5 Å². The van der Waals surface area contributed by atoms with Gasteiger partial charge in [-0.25, -0.2) is 9.37 Å². The molecule has 0 saturated carbocycles. The predicted molar refractivity (Wildman–Crippen MR) is 85.8 cm³/mol. The number of hydrogen-bond acceptors (Lipinski definition) is 5. The summed E-state index contributed by atoms with van der Waals surface area (Å²) in [7, 11) is 1.45. The standard InChI is InChI=1S/C16H19FN2O2S/c1-11-14(10-19-5-7-22-8-6-19)18-16(21-11)12-3-4-13(17)15(9-12)20-2/h3-4,9H,5-8,10H2,1-2H3. The van der Waals surface area contributed by atoms with Crippen LogP contribution in [0.2, 0.25) is 0 Å². The van der Waals surface area contributed by atoms with Crippen molar-refractivity contribution in [3.63, 3.8) is 0 Å². The Morgan fingerprint density at radius 2 is 2.14 bits per heavy atom. The first-order valence-corrected chi connectivity index (χ1v) is 8.43. The molecule has 2 aromatic rings. The van der Waals surface area contributed by atoms with Crippen LogP contribution in [0.1, 0.15) is 11.5 Å². The Balaban J connectivity index is 1.82. The molecule has 3 rings (SSSR count). The topological polar surface area (TPSA) is 38.5 Å². The molecule has 0 aliphatic carbocycles. The molecule has 1 fully saturated rings. The first-order valence-electron chi connectivity index (χ1n) is 7.27. The van der Waals surface area contributed by atoms with E-state index in [0.29, 0.717) is 5.89 Å². The third-order valence-electron chi connectivity index (χ3n) is 3.77. The highest BCUT2D eigenvalue weighted by atomic mass is 32.2. The molecule has 6 heteroatoms. The largest absolute Gasteiger partial charge is 0.494 e. The van der Waals surface area contributed by atoms with Crippen molar-refractivity contribution in [1.82, 2.24) is 9.88 Å². The van der Waals surface area contributed by atoms with Crippen molar-refractivity contribution in [3.05, 3.63) is 35.5 Å². The van der Waals surface area contributed by atoms with E-state index < -0.39 is 0 Å². The molecule has 0 bridgehead atoms. The zero-order chi connectivity index (χ0) is 15.5. The number of rotatable bonds is 4. The van der Waals surface area contributed by atoms with Crippen LogP contribution in [0.5, 0.6) is 5.75 Å². The second-order valence-electron chi connectivity index (χ2n) is 5.26. The summed E-state index contributed by atoms with van der Waals surface area (Å²) in [6, 6.07) is 4.64. The van der Waals surface area contributed by atoms with Gasteiger partial charge in [-0.05, 0) is 25.1 Å². The van der Waals surface area contributed by atoms with Crippen LogP contribution in [0.15, 0.2) is 22.6 Å². The normalized spacial score (nSPS) is 16.0. The molecule has 1 aliphatic heterocycles. The molecule has 0 amide bonds. The SMILES string of the molecule is COc1cc(-c2nc(CN3CCSCC3)c(C)o2)ccc1F. The number of hydrogen-bond donors (Lipinski definition) is 0. The molecule has 118 valence electrons. The second-order valence-corrected chi connectivity index (χ2v) is 6.48. The van der Waals surface area contributed by atoms with E-state index in [1.807, 2.05) is 18.7 Å². The summed E-state index contributed by atoms with van der Waals surface area (Å²) < 4.78 is 24.3. The Morgan fingerprint density at radius 1 is 1.36 bits per heavy atom. The monoisotopic (exact) mass is 322 g/mol. The summed E-state index contributed by atoms with van der Waals surface area (Å²) in [5.41, 5.74) is 1.67. The fourth-order valence-corrected chi connectivity index (χ4v) is 3.44. The van der Waals surface area contributed by atoms with Gasteiger partial charge in [0.25, 0.3) is 0 Å². The molecule has 1 saturated heterocycles. The van der Waals surface area contributed by atoms with Crippen LogP contribution < -0.4 is 4.74 Å². The Morgan fingerprint density at radius 3 is 2.86 bits per heavy atom. The molecule has 1 aliphatic rings. The molecule has 0 atom stereocenters. The lowest BCUT2D eigenvalue weighted by molar-refractivity contribution is 0.289. The number of methoxy groups -OCH3 is 1. The van der Waals surface area contributed by atoms with E-state index in [1.54, 1.807) is 12.1 Å². The van der Waals surface area contributed by atoms with E-state index >= 15 is 0 Å². The van der Waals surface area contributed by atoms with Crippen molar-refractivity contribution in [2.24, 2.45) is 0 Å². The second kappa shape index (κ2) is 6.71. The number of aromatic nitrogens is 1. The van der Waals surface area contributed by atoms with Crippen LogP contribution in [-0.2, 0) is 6.54 Å². The number of benzene rings is 1. The third kappa shape index (κ3) is 3.28. The Kier molecular flexibility index (Phi) is 4.69. The van der Waals surface area contributed by atoms with Gasteiger partial charge in [-0.15, -0.1) is 0 Å². The Hall–Kier alpha value is -1.53. The number of ether oxygens (including phenoxy) is 1. The van der Waals surface area contributed by atoms with Gasteiger partial charge in [0.1, 0.15) is 5.76 Å². The van der Waals surface area contributed by atoms with E-state index in [4.69, 9.17) is 9.15 Å². The van der Waals surface area contributed by atoms with Gasteiger partial charge >= 0.3 is 0 Å². The fraction of sp³-hybridized carbons (Fsp3) is 0.438. The molecular formula is C16H19FN2O2S. The lowest BCUT2D eigenvalue weighted by Crippen LogP contribution is -2.32. The van der Waals surface area contributed by atoms with E-state index in [2.05, 4.69) is 9.88 Å². The number of oxazole rings is 1. The first kappa shape index (κ1) is 15.4. The van der Waals surface area contributed by atoms with Gasteiger partial charge in [-0.1, -0.05) is 0 Å². The summed E-state index contributed by atoms with van der Waals surface area (Å²) in [5.74, 6) is 3.47. The van der Waals surface area contributed by atoms with Crippen LogP contribution in [0.3, 0.4) is 0 Å². The molecule has 0 N–H and O–H groups in total.